The maximum absolute atomic E-state index is 13.9. The molecule has 0 spiro atoms. The van der Waals surface area contributed by atoms with Crippen LogP contribution in [0.25, 0.3) is 0 Å². The highest BCUT2D eigenvalue weighted by Gasteiger charge is 2.50. The molecule has 0 heterocycles. The number of ketones is 2. The Bertz CT molecular complexity index is 812. The van der Waals surface area contributed by atoms with Gasteiger partial charge < -0.3 is 9.84 Å². The lowest BCUT2D eigenvalue weighted by Gasteiger charge is -2.38. The summed E-state index contributed by atoms with van der Waals surface area (Å²) in [6.45, 7) is 15.4. The van der Waals surface area contributed by atoms with Gasteiger partial charge >= 0.3 is 0 Å². The van der Waals surface area contributed by atoms with E-state index in [1.807, 2.05) is 59.8 Å². The van der Waals surface area contributed by atoms with Crippen LogP contribution in [0.3, 0.4) is 0 Å². The van der Waals surface area contributed by atoms with Crippen LogP contribution in [-0.4, -0.2) is 23.8 Å². The zero-order valence-corrected chi connectivity index (χ0v) is 20.1. The summed E-state index contributed by atoms with van der Waals surface area (Å²) in [6.07, 6.45) is 7.20. The fourth-order valence-corrected chi connectivity index (χ4v) is 3.54. The monoisotopic (exact) mass is 414 g/mol. The van der Waals surface area contributed by atoms with Crippen molar-refractivity contribution in [1.29, 1.82) is 0 Å². The minimum atomic E-state index is -1.06. The largest absolute Gasteiger partial charge is 0.507 e. The second kappa shape index (κ2) is 10.6. The summed E-state index contributed by atoms with van der Waals surface area (Å²) in [5.74, 6) is -0.868. The molecule has 0 radical (unpaired) electrons. The van der Waals surface area contributed by atoms with Crippen LogP contribution in [0.4, 0.5) is 0 Å². The van der Waals surface area contributed by atoms with Crippen LogP contribution in [0.2, 0.25) is 0 Å². The summed E-state index contributed by atoms with van der Waals surface area (Å²) >= 11 is 0. The van der Waals surface area contributed by atoms with Crippen molar-refractivity contribution in [3.8, 4) is 0 Å². The molecule has 0 unspecified atom stereocenters. The fraction of sp³-hybridized carbons (Fsp3) is 0.538. The Kier molecular flexibility index (Phi) is 9.08. The smallest absolute Gasteiger partial charge is 0.184 e. The van der Waals surface area contributed by atoms with Gasteiger partial charge in [-0.05, 0) is 60.8 Å². The molecule has 1 N–H and O–H groups in total. The van der Waals surface area contributed by atoms with Gasteiger partial charge in [0.15, 0.2) is 11.6 Å². The van der Waals surface area contributed by atoms with Crippen LogP contribution in [0.1, 0.15) is 74.7 Å². The van der Waals surface area contributed by atoms with Crippen molar-refractivity contribution < 1.29 is 19.4 Å². The molecule has 1 aliphatic rings. The van der Waals surface area contributed by atoms with E-state index >= 15 is 0 Å². The van der Waals surface area contributed by atoms with Crippen LogP contribution >= 0.6 is 0 Å². The highest BCUT2D eigenvalue weighted by molar-refractivity contribution is 6.24. The third kappa shape index (κ3) is 5.62. The van der Waals surface area contributed by atoms with Crippen molar-refractivity contribution in [1.82, 2.24) is 0 Å². The first-order chi connectivity index (χ1) is 13.9. The number of aliphatic hydroxyl groups excluding tert-OH is 1. The molecule has 1 rings (SSSR count). The molecule has 0 saturated carbocycles. The molecule has 0 aromatic rings. The molecule has 0 bridgehead atoms. The summed E-state index contributed by atoms with van der Waals surface area (Å²) in [5.41, 5.74) is 2.62. The van der Waals surface area contributed by atoms with Crippen molar-refractivity contribution in [3.05, 3.63) is 57.6 Å². The normalized spacial score (nSPS) is 15.9. The van der Waals surface area contributed by atoms with Crippen LogP contribution < -0.4 is 0 Å². The topological polar surface area (TPSA) is 63.6 Å². The number of allylic oxidation sites excluding steroid dienone is 9. The van der Waals surface area contributed by atoms with Crippen molar-refractivity contribution in [2.45, 2.75) is 74.7 Å². The van der Waals surface area contributed by atoms with E-state index in [9.17, 15) is 14.7 Å². The Morgan fingerprint density at radius 1 is 0.967 bits per heavy atom. The van der Waals surface area contributed by atoms with Gasteiger partial charge in [0.05, 0.1) is 12.5 Å². The summed E-state index contributed by atoms with van der Waals surface area (Å²) in [7, 11) is 1.54. The number of methoxy groups -OCH3 is 1. The number of carbonyl (C=O) groups excluding carboxylic acids is 2. The van der Waals surface area contributed by atoms with E-state index in [-0.39, 0.29) is 22.9 Å². The lowest BCUT2D eigenvalue weighted by atomic mass is 9.66. The molecule has 166 valence electrons. The van der Waals surface area contributed by atoms with Crippen LogP contribution in [0.5, 0.6) is 0 Å². The van der Waals surface area contributed by atoms with Crippen molar-refractivity contribution in [2.75, 3.05) is 7.11 Å². The van der Waals surface area contributed by atoms with Gasteiger partial charge in [0.1, 0.15) is 17.1 Å². The molecule has 30 heavy (non-hydrogen) atoms. The third-order valence-electron chi connectivity index (χ3n) is 5.30. The van der Waals surface area contributed by atoms with E-state index in [1.54, 1.807) is 13.8 Å². The van der Waals surface area contributed by atoms with Crippen molar-refractivity contribution in [3.63, 3.8) is 0 Å². The van der Waals surface area contributed by atoms with Crippen LogP contribution in [0, 0.1) is 11.3 Å². The highest BCUT2D eigenvalue weighted by atomic mass is 16.5. The second-order valence-corrected chi connectivity index (χ2v) is 9.12. The number of hydrogen-bond donors (Lipinski definition) is 1. The Balaban J connectivity index is 3.96. The third-order valence-corrected chi connectivity index (χ3v) is 5.30. The molecular formula is C26H38O4. The SMILES string of the molecule is COC1=C(CC=C(C)C)C(O)=C(C(=O)C(C)C)C(=O)C1(CC=C(C)C)CC=C(C)C. The average molecular weight is 415 g/mol. The molecule has 0 amide bonds. The first-order valence-electron chi connectivity index (χ1n) is 10.6. The van der Waals surface area contributed by atoms with E-state index < -0.39 is 11.3 Å². The van der Waals surface area contributed by atoms with Gasteiger partial charge in [-0.1, -0.05) is 48.8 Å². The predicted octanol–water partition coefficient (Wildman–Crippen LogP) is 6.56. The minimum absolute atomic E-state index is 0.0905. The summed E-state index contributed by atoms with van der Waals surface area (Å²) in [6, 6.07) is 0. The van der Waals surface area contributed by atoms with Crippen LogP contribution in [0.15, 0.2) is 57.6 Å². The molecule has 4 heteroatoms. The molecular weight excluding hydrogens is 376 g/mol. The quantitative estimate of drug-likeness (QED) is 0.343. The number of hydrogen-bond acceptors (Lipinski definition) is 4. The Morgan fingerprint density at radius 2 is 1.43 bits per heavy atom. The lowest BCUT2D eigenvalue weighted by molar-refractivity contribution is -0.129. The van der Waals surface area contributed by atoms with E-state index in [2.05, 4.69) is 0 Å². The number of Topliss-reactive ketones (excluding diaryl/α,β-unsaturated/α-hetero) is 2. The van der Waals surface area contributed by atoms with Gasteiger partial charge in [0.25, 0.3) is 0 Å². The lowest BCUT2D eigenvalue weighted by Crippen LogP contribution is -2.42. The standard InChI is InChI=1S/C26H38O4/c1-16(2)10-11-20-23(28)21(22(27)19(7)8)24(29)26(25(20)30-9,14-12-17(3)4)15-13-18(5)6/h10,12-13,19,28H,11,14-15H2,1-9H3. The average Bonchev–Trinajstić information content (AvgIpc) is 2.64. The zero-order valence-electron chi connectivity index (χ0n) is 20.1. The first kappa shape index (κ1) is 25.7. The second-order valence-electron chi connectivity index (χ2n) is 9.12. The van der Waals surface area contributed by atoms with Gasteiger partial charge in [0, 0.05) is 11.5 Å². The Morgan fingerprint density at radius 3 is 1.80 bits per heavy atom. The zero-order chi connectivity index (χ0) is 23.2. The maximum Gasteiger partial charge on any atom is 0.184 e. The summed E-state index contributed by atoms with van der Waals surface area (Å²) in [4.78, 5) is 26.9. The van der Waals surface area contributed by atoms with Gasteiger partial charge in [-0.2, -0.15) is 0 Å². The molecule has 0 saturated heterocycles. The molecule has 0 fully saturated rings. The maximum atomic E-state index is 13.9. The van der Waals surface area contributed by atoms with E-state index in [4.69, 9.17) is 4.74 Å². The van der Waals surface area contributed by atoms with Gasteiger partial charge in [-0.3, -0.25) is 9.59 Å². The van der Waals surface area contributed by atoms with E-state index in [1.165, 1.54) is 7.11 Å². The van der Waals surface area contributed by atoms with Crippen LogP contribution in [-0.2, 0) is 14.3 Å². The molecule has 0 atom stereocenters. The Labute approximate surface area is 182 Å². The van der Waals surface area contributed by atoms with Gasteiger partial charge in [-0.15, -0.1) is 0 Å². The van der Waals surface area contributed by atoms with E-state index in [0.717, 1.165) is 16.7 Å². The minimum Gasteiger partial charge on any atom is -0.507 e. The van der Waals surface area contributed by atoms with Gasteiger partial charge in [0.2, 0.25) is 0 Å². The number of ether oxygens (including phenoxy) is 1. The van der Waals surface area contributed by atoms with E-state index in [0.29, 0.717) is 30.6 Å². The molecule has 0 aromatic heterocycles. The fourth-order valence-electron chi connectivity index (χ4n) is 3.54. The van der Waals surface area contributed by atoms with Gasteiger partial charge in [-0.25, -0.2) is 0 Å². The van der Waals surface area contributed by atoms with Crippen molar-refractivity contribution >= 4 is 11.6 Å². The molecule has 0 aliphatic heterocycles. The number of carbonyl (C=O) groups is 2. The molecule has 4 nitrogen and oxygen atoms in total. The predicted molar refractivity (Wildman–Crippen MR) is 123 cm³/mol. The van der Waals surface area contributed by atoms with Crippen molar-refractivity contribution in [2.24, 2.45) is 11.3 Å². The molecule has 0 aromatic carbocycles. The first-order valence-corrected chi connectivity index (χ1v) is 10.6. The Hall–Kier alpha value is -2.36. The number of rotatable bonds is 9. The highest BCUT2D eigenvalue weighted by Crippen LogP contribution is 2.48. The molecule has 1 aliphatic carbocycles. The summed E-state index contributed by atoms with van der Waals surface area (Å²) in [5, 5.41) is 11.1. The summed E-state index contributed by atoms with van der Waals surface area (Å²) < 4.78 is 5.81. The number of aliphatic hydroxyl groups is 1.